The minimum Gasteiger partial charge on any atom is -0.459 e. The first-order valence-corrected chi connectivity index (χ1v) is 5.10. The van der Waals surface area contributed by atoms with Gasteiger partial charge in [0.05, 0.1) is 0 Å². The summed E-state index contributed by atoms with van der Waals surface area (Å²) < 4.78 is 2.55. The predicted octanol–water partition coefficient (Wildman–Crippen LogP) is 2.11. The Morgan fingerprint density at radius 1 is 1.00 bits per heavy atom. The van der Waals surface area contributed by atoms with Gasteiger partial charge in [-0.15, -0.1) is 0 Å². The lowest BCUT2D eigenvalue weighted by Crippen LogP contribution is -2.57. The standard InChI is InChI=1S/C9H18N.Mg/c1-8(2)6-5-7-9(3,4)10-8;/h5-7H2,1-4H3;/q-1;+1. The molecule has 0 spiro atoms. The second-order valence-corrected chi connectivity index (χ2v) is 5.54. The minimum atomic E-state index is 0.417. The van der Waals surface area contributed by atoms with E-state index in [9.17, 15) is 0 Å². The first-order chi connectivity index (χ1) is 4.86. The minimum absolute atomic E-state index is 0.417. The van der Waals surface area contributed by atoms with Crippen LogP contribution in [-0.4, -0.2) is 36.3 Å². The molecule has 1 fully saturated rings. The van der Waals surface area contributed by atoms with Crippen LogP contribution in [0.25, 0.3) is 0 Å². The molecule has 0 aliphatic carbocycles. The van der Waals surface area contributed by atoms with Crippen LogP contribution in [0, 0.1) is 0 Å². The Kier molecular flexibility index (Phi) is 2.58. The Labute approximate surface area is 83.3 Å². The van der Waals surface area contributed by atoms with E-state index < -0.39 is 0 Å². The van der Waals surface area contributed by atoms with Crippen molar-refractivity contribution in [3.63, 3.8) is 0 Å². The molecular weight excluding hydrogens is 146 g/mol. The van der Waals surface area contributed by atoms with Gasteiger partial charge in [-0.3, -0.25) is 0 Å². The molecule has 1 heterocycles. The summed E-state index contributed by atoms with van der Waals surface area (Å²) >= 11 is 2.04. The highest BCUT2D eigenvalue weighted by Crippen LogP contribution is 2.35. The summed E-state index contributed by atoms with van der Waals surface area (Å²) in [6.45, 7) is 9.39. The smallest absolute Gasteiger partial charge is 0.351 e. The highest BCUT2D eigenvalue weighted by atomic mass is 24.4. The molecule has 11 heavy (non-hydrogen) atoms. The largest absolute Gasteiger partial charge is 0.459 e. The molecule has 1 aliphatic rings. The molecule has 61 valence electrons. The summed E-state index contributed by atoms with van der Waals surface area (Å²) in [5.74, 6) is 0. The maximum absolute atomic E-state index is 2.55. The summed E-state index contributed by atoms with van der Waals surface area (Å²) in [4.78, 5) is 0. The lowest BCUT2D eigenvalue weighted by Gasteiger charge is -2.55. The third kappa shape index (κ3) is 1.90. The van der Waals surface area contributed by atoms with Gasteiger partial charge < -0.3 is 3.22 Å². The number of piperidine rings is 1. The van der Waals surface area contributed by atoms with Gasteiger partial charge in [0.15, 0.2) is 0 Å². The van der Waals surface area contributed by atoms with E-state index in [0.29, 0.717) is 11.1 Å². The molecular formula is C9H18MgN. The highest BCUT2D eigenvalue weighted by molar-refractivity contribution is 6.05. The predicted molar refractivity (Wildman–Crippen MR) is 49.6 cm³/mol. The lowest BCUT2D eigenvalue weighted by atomic mass is 9.83. The topological polar surface area (TPSA) is 3.24 Å². The first kappa shape index (κ1) is 9.81. The molecule has 1 saturated heterocycles. The monoisotopic (exact) mass is 164 g/mol. The van der Waals surface area contributed by atoms with Crippen molar-refractivity contribution >= 4 is 22.0 Å². The summed E-state index contributed by atoms with van der Waals surface area (Å²) in [6, 6.07) is 0. The van der Waals surface area contributed by atoms with Gasteiger partial charge in [-0.05, 0) is 51.6 Å². The Balaban J connectivity index is 2.76. The lowest BCUT2D eigenvalue weighted by molar-refractivity contribution is 0.0577. The van der Waals surface area contributed by atoms with Gasteiger partial charge in [0, 0.05) is 0 Å². The van der Waals surface area contributed by atoms with Crippen LogP contribution in [0.4, 0.5) is 0 Å². The average Bonchev–Trinajstić information content (AvgIpc) is 1.82. The van der Waals surface area contributed by atoms with Gasteiger partial charge in [0.1, 0.15) is 0 Å². The fourth-order valence-corrected chi connectivity index (χ4v) is 2.36. The van der Waals surface area contributed by atoms with Gasteiger partial charge in [0.2, 0.25) is 0 Å². The van der Waals surface area contributed by atoms with E-state index in [1.54, 1.807) is 0 Å². The van der Waals surface area contributed by atoms with E-state index in [-0.39, 0.29) is 0 Å². The van der Waals surface area contributed by atoms with Crippen LogP contribution in [0.5, 0.6) is 0 Å². The van der Waals surface area contributed by atoms with Crippen molar-refractivity contribution in [3.8, 4) is 0 Å². The van der Waals surface area contributed by atoms with Crippen molar-refractivity contribution in [1.82, 2.24) is 3.22 Å². The number of nitrogens with zero attached hydrogens (tertiary/aromatic N) is 1. The van der Waals surface area contributed by atoms with Crippen molar-refractivity contribution in [1.29, 1.82) is 0 Å². The van der Waals surface area contributed by atoms with Crippen LogP contribution in [0.1, 0.15) is 47.0 Å². The normalized spacial score (nSPS) is 30.1. The van der Waals surface area contributed by atoms with Gasteiger partial charge >= 0.3 is 22.0 Å². The van der Waals surface area contributed by atoms with Crippen LogP contribution in [0.3, 0.4) is 0 Å². The van der Waals surface area contributed by atoms with E-state index in [2.05, 4.69) is 30.9 Å². The van der Waals surface area contributed by atoms with Gasteiger partial charge in [-0.2, -0.15) is 0 Å². The molecule has 1 rings (SSSR count). The fraction of sp³-hybridized carbons (Fsp3) is 1.00. The summed E-state index contributed by atoms with van der Waals surface area (Å²) in [6.07, 6.45) is 4.08. The van der Waals surface area contributed by atoms with Crippen molar-refractivity contribution in [3.05, 3.63) is 0 Å². The molecule has 1 radical (unpaired) electrons. The van der Waals surface area contributed by atoms with Crippen LogP contribution in [0.15, 0.2) is 0 Å². The van der Waals surface area contributed by atoms with Gasteiger partial charge in [-0.25, -0.2) is 0 Å². The maximum Gasteiger partial charge on any atom is 0.351 e. The molecule has 0 aromatic heterocycles. The van der Waals surface area contributed by atoms with Gasteiger partial charge in [0.25, 0.3) is 0 Å². The average molecular weight is 165 g/mol. The first-order valence-electron chi connectivity index (χ1n) is 4.47. The zero-order chi connectivity index (χ0) is 8.70. The number of rotatable bonds is 0. The third-order valence-corrected chi connectivity index (χ3v) is 4.75. The Morgan fingerprint density at radius 3 is 1.64 bits per heavy atom. The van der Waals surface area contributed by atoms with E-state index in [1.807, 2.05) is 22.0 Å². The fourth-order valence-electron chi connectivity index (χ4n) is 2.04. The molecule has 0 bridgehead atoms. The van der Waals surface area contributed by atoms with Crippen molar-refractivity contribution in [2.24, 2.45) is 0 Å². The van der Waals surface area contributed by atoms with Crippen molar-refractivity contribution in [2.75, 3.05) is 0 Å². The van der Waals surface area contributed by atoms with E-state index in [0.717, 1.165) is 0 Å². The molecule has 0 unspecified atom stereocenters. The van der Waals surface area contributed by atoms with E-state index in [1.165, 1.54) is 19.3 Å². The molecule has 0 N–H and O–H groups in total. The van der Waals surface area contributed by atoms with E-state index >= 15 is 0 Å². The highest BCUT2D eigenvalue weighted by Gasteiger charge is 2.35. The molecule has 1 aliphatic heterocycles. The zero-order valence-electron chi connectivity index (χ0n) is 8.28. The zero-order valence-corrected chi connectivity index (χ0v) is 9.69. The van der Waals surface area contributed by atoms with Crippen molar-refractivity contribution < 1.29 is 0 Å². The van der Waals surface area contributed by atoms with Crippen LogP contribution >= 0.6 is 0 Å². The molecule has 1 nitrogen and oxygen atoms in total. The number of hydrogen-bond acceptors (Lipinski definition) is 1. The van der Waals surface area contributed by atoms with E-state index in [4.69, 9.17) is 0 Å². The van der Waals surface area contributed by atoms with Crippen LogP contribution < -0.4 is 0 Å². The molecule has 0 aromatic rings. The molecule has 0 amide bonds. The van der Waals surface area contributed by atoms with Crippen LogP contribution in [0.2, 0.25) is 0 Å². The molecule has 2 heteroatoms. The molecule has 0 saturated carbocycles. The summed E-state index contributed by atoms with van der Waals surface area (Å²) in [5, 5.41) is 0. The van der Waals surface area contributed by atoms with Crippen LogP contribution in [-0.2, 0) is 0 Å². The maximum atomic E-state index is 2.55. The molecule has 0 atom stereocenters. The number of hydrogen-bond donors (Lipinski definition) is 0. The van der Waals surface area contributed by atoms with Gasteiger partial charge in [-0.1, -0.05) is 6.42 Å². The second kappa shape index (κ2) is 2.89. The SMILES string of the molecule is CC1(C)CCCC(C)(C)[N]1[Mg]. The Bertz CT molecular complexity index is 136. The Morgan fingerprint density at radius 2 is 1.36 bits per heavy atom. The third-order valence-electron chi connectivity index (χ3n) is 3.04. The quantitative estimate of drug-likeness (QED) is 0.496. The summed E-state index contributed by atoms with van der Waals surface area (Å²) in [5.41, 5.74) is 0.834. The second-order valence-electron chi connectivity index (χ2n) is 4.91. The summed E-state index contributed by atoms with van der Waals surface area (Å²) in [7, 11) is 0. The Hall–Kier alpha value is 0.726. The van der Waals surface area contributed by atoms with Crippen molar-refractivity contribution in [2.45, 2.75) is 58.0 Å². The molecule has 0 aromatic carbocycles.